The lowest BCUT2D eigenvalue weighted by molar-refractivity contribution is -0.138. The minimum absolute atomic E-state index is 0.163. The molecule has 0 radical (unpaired) electrons. The summed E-state index contributed by atoms with van der Waals surface area (Å²) in [5, 5.41) is 16.5. The summed E-state index contributed by atoms with van der Waals surface area (Å²) in [6.07, 6.45) is 1.23. The van der Waals surface area contributed by atoms with E-state index in [-0.39, 0.29) is 24.2 Å². The monoisotopic (exact) mass is 363 g/mol. The molecule has 132 valence electrons. The first-order valence-electron chi connectivity index (χ1n) is 7.97. The second-order valence-corrected chi connectivity index (χ2v) is 6.22. The maximum atomic E-state index is 12.8. The van der Waals surface area contributed by atoms with Gasteiger partial charge < -0.3 is 14.7 Å². The van der Waals surface area contributed by atoms with Crippen molar-refractivity contribution < 1.29 is 19.4 Å². The predicted octanol–water partition coefficient (Wildman–Crippen LogP) is 2.44. The number of halogens is 1. The van der Waals surface area contributed by atoms with Gasteiger partial charge in [-0.2, -0.15) is 5.10 Å². The lowest BCUT2D eigenvalue weighted by Gasteiger charge is -2.32. The maximum Gasteiger partial charge on any atom is 0.323 e. The Bertz CT molecular complexity index is 771. The summed E-state index contributed by atoms with van der Waals surface area (Å²) >= 11 is 6.16. The number of rotatable bonds is 5. The highest BCUT2D eigenvalue weighted by atomic mass is 35.5. The van der Waals surface area contributed by atoms with Gasteiger partial charge in [-0.1, -0.05) is 29.8 Å². The van der Waals surface area contributed by atoms with Crippen LogP contribution in [0.15, 0.2) is 30.3 Å². The number of amides is 1. The summed E-state index contributed by atoms with van der Waals surface area (Å²) in [5.74, 6) is -1.44. The molecular formula is C17H18ClN3O4. The van der Waals surface area contributed by atoms with E-state index in [0.717, 1.165) is 0 Å². The minimum Gasteiger partial charge on any atom is -0.480 e. The molecule has 1 aliphatic heterocycles. The van der Waals surface area contributed by atoms with Crippen molar-refractivity contribution in [2.75, 3.05) is 19.8 Å². The van der Waals surface area contributed by atoms with E-state index in [9.17, 15) is 9.59 Å². The van der Waals surface area contributed by atoms with Crippen LogP contribution in [0.3, 0.4) is 0 Å². The molecular weight excluding hydrogens is 346 g/mol. The zero-order valence-corrected chi connectivity index (χ0v) is 14.2. The number of aliphatic carboxylic acids is 1. The Labute approximate surface area is 149 Å². The number of H-pyrrole nitrogens is 1. The van der Waals surface area contributed by atoms with E-state index in [1.165, 1.54) is 4.90 Å². The van der Waals surface area contributed by atoms with Gasteiger partial charge in [-0.15, -0.1) is 0 Å². The fourth-order valence-corrected chi connectivity index (χ4v) is 3.13. The van der Waals surface area contributed by atoms with Gasteiger partial charge in [0.15, 0.2) is 0 Å². The Morgan fingerprint density at radius 3 is 2.72 bits per heavy atom. The molecule has 0 aliphatic carbocycles. The van der Waals surface area contributed by atoms with Gasteiger partial charge in [0.25, 0.3) is 5.91 Å². The van der Waals surface area contributed by atoms with Crippen LogP contribution in [0.1, 0.15) is 23.3 Å². The molecule has 1 amide bonds. The second-order valence-electron chi connectivity index (χ2n) is 5.82. The fraction of sp³-hybridized carbons (Fsp3) is 0.353. The average molecular weight is 364 g/mol. The zero-order chi connectivity index (χ0) is 17.8. The van der Waals surface area contributed by atoms with Crippen molar-refractivity contribution in [1.82, 2.24) is 15.1 Å². The molecule has 25 heavy (non-hydrogen) atoms. The number of ether oxygens (including phenoxy) is 1. The van der Waals surface area contributed by atoms with Gasteiger partial charge >= 0.3 is 5.97 Å². The molecule has 1 aromatic heterocycles. The van der Waals surface area contributed by atoms with E-state index >= 15 is 0 Å². The predicted molar refractivity (Wildman–Crippen MR) is 91.5 cm³/mol. The summed E-state index contributed by atoms with van der Waals surface area (Å²) in [7, 11) is 0. The van der Waals surface area contributed by atoms with Crippen LogP contribution in [-0.4, -0.2) is 57.9 Å². The number of carboxylic acid groups (broad SMARTS) is 1. The van der Waals surface area contributed by atoms with Crippen molar-refractivity contribution in [3.63, 3.8) is 0 Å². The normalized spacial score (nSPS) is 15.1. The highest BCUT2D eigenvalue weighted by Crippen LogP contribution is 2.27. The van der Waals surface area contributed by atoms with Crippen molar-refractivity contribution in [1.29, 1.82) is 0 Å². The molecule has 2 aromatic rings. The number of benzene rings is 1. The molecule has 7 nitrogen and oxygen atoms in total. The number of nitrogens with zero attached hydrogens (tertiary/aromatic N) is 2. The third-order valence-electron chi connectivity index (χ3n) is 4.16. The van der Waals surface area contributed by atoms with E-state index in [1.807, 2.05) is 12.1 Å². The maximum absolute atomic E-state index is 12.8. The molecule has 1 saturated heterocycles. The molecule has 8 heteroatoms. The van der Waals surface area contributed by atoms with Gasteiger partial charge in [-0.25, -0.2) is 0 Å². The van der Waals surface area contributed by atoms with Crippen LogP contribution in [-0.2, 0) is 9.53 Å². The largest absolute Gasteiger partial charge is 0.480 e. The Balaban J connectivity index is 1.84. The summed E-state index contributed by atoms with van der Waals surface area (Å²) in [4.78, 5) is 25.4. The Morgan fingerprint density at radius 2 is 2.04 bits per heavy atom. The van der Waals surface area contributed by atoms with E-state index < -0.39 is 5.97 Å². The molecule has 0 saturated carbocycles. The van der Waals surface area contributed by atoms with E-state index in [4.69, 9.17) is 21.4 Å². The van der Waals surface area contributed by atoms with E-state index in [0.29, 0.717) is 42.3 Å². The van der Waals surface area contributed by atoms with Crippen LogP contribution < -0.4 is 0 Å². The van der Waals surface area contributed by atoms with Gasteiger partial charge in [-0.05, 0) is 25.0 Å². The SMILES string of the molecule is O=C(O)CN(C(=O)c1cc(-c2ccccc2Cl)n[nH]1)C1CCOCC1. The smallest absolute Gasteiger partial charge is 0.323 e. The Kier molecular flexibility index (Phi) is 5.35. The Morgan fingerprint density at radius 1 is 1.32 bits per heavy atom. The summed E-state index contributed by atoms with van der Waals surface area (Å²) in [6.45, 7) is 0.674. The van der Waals surface area contributed by atoms with Crippen molar-refractivity contribution in [2.24, 2.45) is 0 Å². The summed E-state index contributed by atoms with van der Waals surface area (Å²) in [5.41, 5.74) is 1.48. The molecule has 0 unspecified atom stereocenters. The number of aromatic amines is 1. The van der Waals surface area contributed by atoms with Gasteiger partial charge in [0.2, 0.25) is 0 Å². The highest BCUT2D eigenvalue weighted by Gasteiger charge is 2.29. The van der Waals surface area contributed by atoms with Crippen LogP contribution in [0.25, 0.3) is 11.3 Å². The number of carboxylic acids is 1. The molecule has 1 fully saturated rings. The molecule has 0 spiro atoms. The van der Waals surface area contributed by atoms with Crippen molar-refractivity contribution in [3.05, 3.63) is 41.0 Å². The molecule has 3 rings (SSSR count). The number of hydrogen-bond donors (Lipinski definition) is 2. The van der Waals surface area contributed by atoms with E-state index in [1.54, 1.807) is 18.2 Å². The van der Waals surface area contributed by atoms with Crippen molar-refractivity contribution in [3.8, 4) is 11.3 Å². The molecule has 2 N–H and O–H groups in total. The van der Waals surface area contributed by atoms with Crippen molar-refractivity contribution >= 4 is 23.5 Å². The van der Waals surface area contributed by atoms with Crippen molar-refractivity contribution in [2.45, 2.75) is 18.9 Å². The van der Waals surface area contributed by atoms with Crippen LogP contribution in [0.5, 0.6) is 0 Å². The van der Waals surface area contributed by atoms with Gasteiger partial charge in [0, 0.05) is 24.8 Å². The summed E-state index contributed by atoms with van der Waals surface area (Å²) in [6, 6.07) is 8.62. The lowest BCUT2D eigenvalue weighted by atomic mass is 10.1. The lowest BCUT2D eigenvalue weighted by Crippen LogP contribution is -2.46. The number of carbonyl (C=O) groups excluding carboxylic acids is 1. The first-order chi connectivity index (χ1) is 12.1. The zero-order valence-electron chi connectivity index (χ0n) is 13.4. The Hall–Kier alpha value is -2.38. The van der Waals surface area contributed by atoms with Crippen LogP contribution in [0, 0.1) is 0 Å². The number of nitrogens with one attached hydrogen (secondary N) is 1. The molecule has 0 bridgehead atoms. The molecule has 0 atom stereocenters. The third kappa shape index (κ3) is 4.00. The highest BCUT2D eigenvalue weighted by molar-refractivity contribution is 6.33. The molecule has 1 aliphatic rings. The van der Waals surface area contributed by atoms with Crippen LogP contribution >= 0.6 is 11.6 Å². The number of carbonyl (C=O) groups is 2. The fourth-order valence-electron chi connectivity index (χ4n) is 2.90. The van der Waals surface area contributed by atoms with Gasteiger partial charge in [0.1, 0.15) is 12.2 Å². The first-order valence-corrected chi connectivity index (χ1v) is 8.35. The summed E-state index contributed by atoms with van der Waals surface area (Å²) < 4.78 is 5.30. The van der Waals surface area contributed by atoms with Crippen LogP contribution in [0.2, 0.25) is 5.02 Å². The molecule has 2 heterocycles. The second kappa shape index (κ2) is 7.67. The number of hydrogen-bond acceptors (Lipinski definition) is 4. The topological polar surface area (TPSA) is 95.5 Å². The number of aromatic nitrogens is 2. The van der Waals surface area contributed by atoms with Gasteiger partial charge in [-0.3, -0.25) is 14.7 Å². The minimum atomic E-state index is -1.05. The average Bonchev–Trinajstić information content (AvgIpc) is 3.10. The third-order valence-corrected chi connectivity index (χ3v) is 4.49. The van der Waals surface area contributed by atoms with Crippen LogP contribution in [0.4, 0.5) is 0 Å². The van der Waals surface area contributed by atoms with Gasteiger partial charge in [0.05, 0.1) is 10.7 Å². The molecule has 1 aromatic carbocycles. The first kappa shape index (κ1) is 17.4. The quantitative estimate of drug-likeness (QED) is 0.850. The standard InChI is InChI=1S/C17H18ClN3O4/c18-13-4-2-1-3-12(13)14-9-15(20-19-14)17(24)21(10-16(22)23)11-5-7-25-8-6-11/h1-4,9,11H,5-8,10H2,(H,19,20)(H,22,23). The van der Waals surface area contributed by atoms with E-state index in [2.05, 4.69) is 10.2 Å².